The van der Waals surface area contributed by atoms with Gasteiger partial charge in [0.2, 0.25) is 5.82 Å². The van der Waals surface area contributed by atoms with Crippen molar-refractivity contribution in [3.63, 3.8) is 0 Å². The zero-order chi connectivity index (χ0) is 13.9. The van der Waals surface area contributed by atoms with Gasteiger partial charge in [0.05, 0.1) is 4.88 Å². The first kappa shape index (κ1) is 13.5. The first-order valence-electron chi connectivity index (χ1n) is 6.14. The highest BCUT2D eigenvalue weighted by molar-refractivity contribution is 9.10. The van der Waals surface area contributed by atoms with Crippen LogP contribution in [0.2, 0.25) is 0 Å². The van der Waals surface area contributed by atoms with Gasteiger partial charge in [0.25, 0.3) is 5.89 Å². The number of hydrogen-bond donors (Lipinski definition) is 1. The van der Waals surface area contributed by atoms with Gasteiger partial charge in [-0.2, -0.15) is 4.98 Å². The van der Waals surface area contributed by atoms with Crippen molar-refractivity contribution in [3.05, 3.63) is 45.7 Å². The molecular formula is C14H12BrN3OS. The molecule has 4 nitrogen and oxygen atoms in total. The minimum absolute atomic E-state index is 0.536. The first-order valence-corrected chi connectivity index (χ1v) is 7.81. The third kappa shape index (κ3) is 2.67. The van der Waals surface area contributed by atoms with Crippen LogP contribution in [0.25, 0.3) is 22.2 Å². The Hall–Kier alpha value is -1.50. The lowest BCUT2D eigenvalue weighted by Gasteiger charge is -2.03. The average Bonchev–Trinajstić information content (AvgIpc) is 3.08. The Kier molecular flexibility index (Phi) is 3.95. The van der Waals surface area contributed by atoms with Gasteiger partial charge >= 0.3 is 0 Å². The molecule has 0 unspecified atom stereocenters. The molecule has 0 fully saturated rings. The molecule has 20 heavy (non-hydrogen) atoms. The second-order valence-corrected chi connectivity index (χ2v) is 6.08. The van der Waals surface area contributed by atoms with E-state index in [1.807, 2.05) is 35.7 Å². The Morgan fingerprint density at radius 3 is 2.90 bits per heavy atom. The molecule has 0 saturated heterocycles. The first-order chi connectivity index (χ1) is 9.78. The van der Waals surface area contributed by atoms with Gasteiger partial charge in [0, 0.05) is 15.4 Å². The van der Waals surface area contributed by atoms with E-state index < -0.39 is 0 Å². The van der Waals surface area contributed by atoms with Crippen LogP contribution in [0.3, 0.4) is 0 Å². The highest BCUT2D eigenvalue weighted by Crippen LogP contribution is 2.30. The van der Waals surface area contributed by atoms with Gasteiger partial charge in [-0.1, -0.05) is 23.4 Å². The number of rotatable bonds is 4. The second-order valence-electron chi connectivity index (χ2n) is 4.25. The summed E-state index contributed by atoms with van der Waals surface area (Å²) in [5, 5.41) is 6.04. The monoisotopic (exact) mass is 349 g/mol. The van der Waals surface area contributed by atoms with Crippen molar-refractivity contribution >= 4 is 27.3 Å². The molecule has 0 bridgehead atoms. The molecule has 0 amide bonds. The molecule has 102 valence electrons. The van der Waals surface area contributed by atoms with E-state index in [0.29, 0.717) is 18.3 Å². The highest BCUT2D eigenvalue weighted by Gasteiger charge is 2.14. The fourth-order valence-electron chi connectivity index (χ4n) is 1.97. The maximum absolute atomic E-state index is 5.64. The van der Waals surface area contributed by atoms with Crippen LogP contribution in [0.1, 0.15) is 5.56 Å². The van der Waals surface area contributed by atoms with E-state index in [1.165, 1.54) is 0 Å². The summed E-state index contributed by atoms with van der Waals surface area (Å²) in [4.78, 5) is 5.45. The van der Waals surface area contributed by atoms with E-state index in [-0.39, 0.29) is 0 Å². The number of nitrogens with zero attached hydrogens (tertiary/aromatic N) is 2. The summed E-state index contributed by atoms with van der Waals surface area (Å²) in [5.41, 5.74) is 7.71. The maximum Gasteiger partial charge on any atom is 0.258 e. The van der Waals surface area contributed by atoms with Crippen molar-refractivity contribution in [1.82, 2.24) is 10.1 Å². The van der Waals surface area contributed by atoms with Crippen LogP contribution >= 0.6 is 27.3 Å². The van der Waals surface area contributed by atoms with Gasteiger partial charge in [-0.3, -0.25) is 0 Å². The van der Waals surface area contributed by atoms with Gasteiger partial charge in [-0.05, 0) is 46.6 Å². The molecule has 3 aromatic rings. The van der Waals surface area contributed by atoms with Crippen LogP contribution in [0.5, 0.6) is 0 Å². The molecule has 1 aromatic carbocycles. The largest absolute Gasteiger partial charge is 0.334 e. The van der Waals surface area contributed by atoms with Crippen molar-refractivity contribution < 1.29 is 4.52 Å². The topological polar surface area (TPSA) is 64.9 Å². The van der Waals surface area contributed by atoms with Crippen LogP contribution in [0.15, 0.2) is 44.7 Å². The third-order valence-corrected chi connectivity index (χ3v) is 4.56. The van der Waals surface area contributed by atoms with E-state index in [4.69, 9.17) is 10.3 Å². The standard InChI is InChI=1S/C14H12BrN3OS/c15-10-7-12(20-8-10)13-17-14(19-18-13)11-4-2-1-3-9(11)5-6-16/h1-4,7-8H,5-6,16H2. The van der Waals surface area contributed by atoms with Gasteiger partial charge in [-0.15, -0.1) is 11.3 Å². The molecule has 2 N–H and O–H groups in total. The van der Waals surface area contributed by atoms with Crippen LogP contribution in [-0.4, -0.2) is 16.7 Å². The van der Waals surface area contributed by atoms with E-state index in [0.717, 1.165) is 26.9 Å². The number of benzene rings is 1. The van der Waals surface area contributed by atoms with Crippen LogP contribution in [0, 0.1) is 0 Å². The van der Waals surface area contributed by atoms with Gasteiger partial charge in [0.1, 0.15) is 0 Å². The average molecular weight is 350 g/mol. The molecule has 0 radical (unpaired) electrons. The Balaban J connectivity index is 1.98. The Bertz CT molecular complexity index is 723. The van der Waals surface area contributed by atoms with E-state index in [2.05, 4.69) is 26.1 Å². The normalized spacial score (nSPS) is 10.9. The quantitative estimate of drug-likeness (QED) is 0.779. The number of thiophene rings is 1. The predicted octanol–water partition coefficient (Wildman–Crippen LogP) is 3.73. The molecule has 0 saturated carbocycles. The van der Waals surface area contributed by atoms with Crippen LogP contribution < -0.4 is 5.73 Å². The molecule has 2 aromatic heterocycles. The van der Waals surface area contributed by atoms with E-state index >= 15 is 0 Å². The lowest BCUT2D eigenvalue weighted by molar-refractivity contribution is 0.432. The molecule has 6 heteroatoms. The molecule has 3 rings (SSSR count). The van der Waals surface area contributed by atoms with Crippen molar-refractivity contribution in [2.24, 2.45) is 5.73 Å². The van der Waals surface area contributed by atoms with Gasteiger partial charge < -0.3 is 10.3 Å². The van der Waals surface area contributed by atoms with Gasteiger partial charge in [-0.25, -0.2) is 0 Å². The molecule has 0 atom stereocenters. The Morgan fingerprint density at radius 1 is 1.30 bits per heavy atom. The third-order valence-electron chi connectivity index (χ3n) is 2.88. The highest BCUT2D eigenvalue weighted by atomic mass is 79.9. The number of hydrogen-bond acceptors (Lipinski definition) is 5. The summed E-state index contributed by atoms with van der Waals surface area (Å²) in [6.07, 6.45) is 0.790. The molecule has 0 aliphatic carbocycles. The molecule has 0 aliphatic heterocycles. The maximum atomic E-state index is 5.64. The van der Waals surface area contributed by atoms with E-state index in [1.54, 1.807) is 11.3 Å². The van der Waals surface area contributed by atoms with Crippen LogP contribution in [0.4, 0.5) is 0 Å². The van der Waals surface area contributed by atoms with Crippen molar-refractivity contribution in [2.75, 3.05) is 6.54 Å². The lowest BCUT2D eigenvalue weighted by atomic mass is 10.0. The van der Waals surface area contributed by atoms with Crippen molar-refractivity contribution in [1.29, 1.82) is 0 Å². The SMILES string of the molecule is NCCc1ccccc1-c1nc(-c2cc(Br)cs2)no1. The Morgan fingerprint density at radius 2 is 2.15 bits per heavy atom. The zero-order valence-electron chi connectivity index (χ0n) is 10.5. The molecule has 0 aliphatic rings. The summed E-state index contributed by atoms with van der Waals surface area (Å²) in [6, 6.07) is 9.94. The number of aromatic nitrogens is 2. The van der Waals surface area contributed by atoms with Crippen molar-refractivity contribution in [2.45, 2.75) is 6.42 Å². The summed E-state index contributed by atoms with van der Waals surface area (Å²) in [6.45, 7) is 0.593. The molecule has 0 spiro atoms. The second kappa shape index (κ2) is 5.87. The summed E-state index contributed by atoms with van der Waals surface area (Å²) in [7, 11) is 0. The summed E-state index contributed by atoms with van der Waals surface area (Å²) in [5.74, 6) is 1.15. The van der Waals surface area contributed by atoms with Crippen LogP contribution in [-0.2, 0) is 6.42 Å². The summed E-state index contributed by atoms with van der Waals surface area (Å²) < 4.78 is 6.41. The summed E-state index contributed by atoms with van der Waals surface area (Å²) >= 11 is 5.00. The minimum atomic E-state index is 0.536. The smallest absolute Gasteiger partial charge is 0.258 e. The lowest BCUT2D eigenvalue weighted by Crippen LogP contribution is -2.03. The number of nitrogens with two attached hydrogens (primary N) is 1. The van der Waals surface area contributed by atoms with Crippen molar-refractivity contribution in [3.8, 4) is 22.2 Å². The molecule has 2 heterocycles. The minimum Gasteiger partial charge on any atom is -0.334 e. The van der Waals surface area contributed by atoms with Gasteiger partial charge in [0.15, 0.2) is 0 Å². The molecular weight excluding hydrogens is 338 g/mol. The fourth-order valence-corrected chi connectivity index (χ4v) is 3.32. The predicted molar refractivity (Wildman–Crippen MR) is 83.5 cm³/mol. The Labute approximate surface area is 128 Å². The van der Waals surface area contributed by atoms with E-state index in [9.17, 15) is 0 Å². The zero-order valence-corrected chi connectivity index (χ0v) is 12.9. The number of halogens is 1. The fraction of sp³-hybridized carbons (Fsp3) is 0.143.